The van der Waals surface area contributed by atoms with Crippen molar-refractivity contribution < 1.29 is 0 Å². The van der Waals surface area contributed by atoms with Crippen LogP contribution in [0.2, 0.25) is 0 Å². The first-order valence-corrected chi connectivity index (χ1v) is 5.23. The van der Waals surface area contributed by atoms with E-state index in [4.69, 9.17) is 23.2 Å². The first-order chi connectivity index (χ1) is 5.07. The van der Waals surface area contributed by atoms with Crippen LogP contribution in [0.4, 0.5) is 0 Å². The summed E-state index contributed by atoms with van der Waals surface area (Å²) < 4.78 is 0. The van der Waals surface area contributed by atoms with Gasteiger partial charge >= 0.3 is 0 Å². The zero-order valence-electron chi connectivity index (χ0n) is 7.61. The van der Waals surface area contributed by atoms with Crippen molar-refractivity contribution in [1.29, 1.82) is 0 Å². The lowest BCUT2D eigenvalue weighted by Crippen LogP contribution is -2.09. The largest absolute Gasteiger partial charge is 0.110 e. The van der Waals surface area contributed by atoms with Gasteiger partial charge in [-0.15, -0.1) is 23.2 Å². The highest BCUT2D eigenvalue weighted by Crippen LogP contribution is 2.24. The molecule has 2 heteroatoms. The minimum absolute atomic E-state index is 0.200. The molecule has 0 nitrogen and oxygen atoms in total. The second-order valence-electron chi connectivity index (χ2n) is 3.44. The Hall–Kier alpha value is 0.580. The van der Waals surface area contributed by atoms with Crippen LogP contribution < -0.4 is 0 Å². The van der Waals surface area contributed by atoms with Crippen molar-refractivity contribution in [1.82, 2.24) is 0 Å². The van der Waals surface area contributed by atoms with Crippen LogP contribution in [0.25, 0.3) is 0 Å². The molecule has 0 heterocycles. The maximum atomic E-state index is 5.74. The van der Waals surface area contributed by atoms with Crippen molar-refractivity contribution in [3.8, 4) is 0 Å². The number of alkyl halides is 2. The topological polar surface area (TPSA) is 0 Å². The molecule has 0 aromatic rings. The van der Waals surface area contributed by atoms with E-state index in [2.05, 4.69) is 20.8 Å². The number of halogens is 2. The Bertz CT molecular complexity index is 91.6. The fraction of sp³-hybridized carbons (Fsp3) is 1.00. The normalized spacial score (nSPS) is 16.9. The molecular formula is C9H18Cl2. The van der Waals surface area contributed by atoms with Crippen LogP contribution in [0.15, 0.2) is 0 Å². The Labute approximate surface area is 80.3 Å². The van der Waals surface area contributed by atoms with Crippen LogP contribution >= 0.6 is 23.2 Å². The van der Waals surface area contributed by atoms with Crippen LogP contribution in [0.1, 0.15) is 40.0 Å². The van der Waals surface area contributed by atoms with Gasteiger partial charge in [-0.1, -0.05) is 33.6 Å². The van der Waals surface area contributed by atoms with E-state index in [1.807, 2.05) is 0 Å². The monoisotopic (exact) mass is 196 g/mol. The van der Waals surface area contributed by atoms with Gasteiger partial charge in [-0.3, -0.25) is 0 Å². The number of hydrogen-bond donors (Lipinski definition) is 0. The summed E-state index contributed by atoms with van der Waals surface area (Å²) >= 11 is 11.5. The quantitative estimate of drug-likeness (QED) is 0.578. The molecule has 0 bridgehead atoms. The molecule has 0 spiro atoms. The van der Waals surface area contributed by atoms with Crippen LogP contribution in [0, 0.1) is 11.8 Å². The first kappa shape index (κ1) is 11.6. The number of rotatable bonds is 5. The predicted octanol–water partition coefficient (Wildman–Crippen LogP) is 4.25. The van der Waals surface area contributed by atoms with Crippen molar-refractivity contribution in [3.63, 3.8) is 0 Å². The fourth-order valence-corrected chi connectivity index (χ4v) is 1.55. The highest BCUT2D eigenvalue weighted by Gasteiger charge is 2.13. The van der Waals surface area contributed by atoms with Gasteiger partial charge in [0.15, 0.2) is 0 Å². The molecule has 2 unspecified atom stereocenters. The summed E-state index contributed by atoms with van der Waals surface area (Å²) in [6, 6.07) is 0. The molecule has 0 fully saturated rings. The average Bonchev–Trinajstić information content (AvgIpc) is 1.87. The van der Waals surface area contributed by atoms with Crippen LogP contribution in [0.5, 0.6) is 0 Å². The molecule has 68 valence electrons. The van der Waals surface area contributed by atoms with Crippen molar-refractivity contribution >= 4 is 23.2 Å². The van der Waals surface area contributed by atoms with E-state index < -0.39 is 0 Å². The van der Waals surface area contributed by atoms with Gasteiger partial charge in [-0.2, -0.15) is 0 Å². The second kappa shape index (κ2) is 6.14. The SMILES string of the molecule is CCCC(C)CC(C)C(Cl)Cl. The molecular weight excluding hydrogens is 179 g/mol. The smallest absolute Gasteiger partial charge is 0.105 e. The van der Waals surface area contributed by atoms with Gasteiger partial charge in [0.05, 0.1) is 0 Å². The Morgan fingerprint density at radius 2 is 1.73 bits per heavy atom. The lowest BCUT2D eigenvalue weighted by Gasteiger charge is -2.16. The third kappa shape index (κ3) is 5.81. The molecule has 0 aromatic heterocycles. The Kier molecular flexibility index (Phi) is 6.46. The maximum absolute atomic E-state index is 5.74. The Morgan fingerprint density at radius 1 is 1.18 bits per heavy atom. The third-order valence-electron chi connectivity index (χ3n) is 1.99. The van der Waals surface area contributed by atoms with Gasteiger partial charge in [0, 0.05) is 0 Å². The molecule has 0 radical (unpaired) electrons. The Morgan fingerprint density at radius 3 is 2.09 bits per heavy atom. The molecule has 0 N–H and O–H groups in total. The van der Waals surface area contributed by atoms with Crippen LogP contribution in [-0.4, -0.2) is 4.84 Å². The van der Waals surface area contributed by atoms with E-state index in [1.165, 1.54) is 12.8 Å². The molecule has 0 aliphatic rings. The zero-order valence-corrected chi connectivity index (χ0v) is 9.12. The molecule has 2 atom stereocenters. The number of hydrogen-bond acceptors (Lipinski definition) is 0. The first-order valence-electron chi connectivity index (χ1n) is 4.36. The van der Waals surface area contributed by atoms with Gasteiger partial charge in [0.2, 0.25) is 0 Å². The molecule has 0 aliphatic carbocycles. The summed E-state index contributed by atoms with van der Waals surface area (Å²) in [5, 5.41) is 0. The highest BCUT2D eigenvalue weighted by molar-refractivity contribution is 6.44. The van der Waals surface area contributed by atoms with E-state index in [0.717, 1.165) is 12.3 Å². The third-order valence-corrected chi connectivity index (χ3v) is 2.85. The Balaban J connectivity index is 3.48. The van der Waals surface area contributed by atoms with Gasteiger partial charge in [0.25, 0.3) is 0 Å². The van der Waals surface area contributed by atoms with E-state index in [9.17, 15) is 0 Å². The van der Waals surface area contributed by atoms with Gasteiger partial charge in [-0.25, -0.2) is 0 Å². The van der Waals surface area contributed by atoms with E-state index in [-0.39, 0.29) is 4.84 Å². The maximum Gasteiger partial charge on any atom is 0.110 e. The van der Waals surface area contributed by atoms with Gasteiger partial charge in [-0.05, 0) is 18.3 Å². The molecule has 0 saturated heterocycles. The molecule has 0 amide bonds. The molecule has 0 rings (SSSR count). The van der Waals surface area contributed by atoms with Crippen LogP contribution in [-0.2, 0) is 0 Å². The van der Waals surface area contributed by atoms with Crippen molar-refractivity contribution in [2.45, 2.75) is 44.9 Å². The van der Waals surface area contributed by atoms with Crippen molar-refractivity contribution in [2.24, 2.45) is 11.8 Å². The summed E-state index contributed by atoms with van der Waals surface area (Å²) in [4.78, 5) is -0.200. The van der Waals surface area contributed by atoms with E-state index >= 15 is 0 Å². The standard InChI is InChI=1S/C9H18Cl2/c1-4-5-7(2)6-8(3)9(10)11/h7-9H,4-6H2,1-3H3. The van der Waals surface area contributed by atoms with E-state index in [0.29, 0.717) is 5.92 Å². The van der Waals surface area contributed by atoms with Crippen molar-refractivity contribution in [3.05, 3.63) is 0 Å². The molecule has 0 saturated carbocycles. The second-order valence-corrected chi connectivity index (χ2v) is 4.61. The highest BCUT2D eigenvalue weighted by atomic mass is 35.5. The minimum atomic E-state index is -0.200. The molecule has 11 heavy (non-hydrogen) atoms. The summed E-state index contributed by atoms with van der Waals surface area (Å²) in [6.07, 6.45) is 3.68. The van der Waals surface area contributed by atoms with Gasteiger partial charge in [0.1, 0.15) is 4.84 Å². The average molecular weight is 197 g/mol. The fourth-order valence-electron chi connectivity index (χ4n) is 1.35. The molecule has 0 aliphatic heterocycles. The van der Waals surface area contributed by atoms with Crippen molar-refractivity contribution in [2.75, 3.05) is 0 Å². The lowest BCUT2D eigenvalue weighted by atomic mass is 9.95. The lowest BCUT2D eigenvalue weighted by molar-refractivity contribution is 0.405. The summed E-state index contributed by atoms with van der Waals surface area (Å²) in [5.41, 5.74) is 0. The van der Waals surface area contributed by atoms with E-state index in [1.54, 1.807) is 0 Å². The van der Waals surface area contributed by atoms with Crippen LogP contribution in [0.3, 0.4) is 0 Å². The zero-order chi connectivity index (χ0) is 8.85. The minimum Gasteiger partial charge on any atom is -0.105 e. The van der Waals surface area contributed by atoms with Gasteiger partial charge < -0.3 is 0 Å². The predicted molar refractivity (Wildman–Crippen MR) is 53.3 cm³/mol. The molecule has 0 aromatic carbocycles. The summed E-state index contributed by atoms with van der Waals surface area (Å²) in [6.45, 7) is 6.58. The summed E-state index contributed by atoms with van der Waals surface area (Å²) in [7, 11) is 0. The summed E-state index contributed by atoms with van der Waals surface area (Å²) in [5.74, 6) is 1.19.